The van der Waals surface area contributed by atoms with Crippen LogP contribution in [0.15, 0.2) is 0 Å². The third-order valence-electron chi connectivity index (χ3n) is 5.30. The summed E-state index contributed by atoms with van der Waals surface area (Å²) < 4.78 is 0. The van der Waals surface area contributed by atoms with Gasteiger partial charge in [-0.1, -0.05) is 26.7 Å². The Morgan fingerprint density at radius 3 is 2.59 bits per heavy atom. The average molecular weight is 238 g/mol. The SMILES string of the molecule is CC1CCCC(CN2CCC(N)C(C)C2C)C1. The summed E-state index contributed by atoms with van der Waals surface area (Å²) in [5.74, 6) is 2.56. The molecule has 2 nitrogen and oxygen atoms in total. The topological polar surface area (TPSA) is 29.3 Å². The fourth-order valence-corrected chi connectivity index (χ4v) is 3.79. The molecule has 2 rings (SSSR count). The van der Waals surface area contributed by atoms with E-state index in [2.05, 4.69) is 25.7 Å². The predicted molar refractivity (Wildman–Crippen MR) is 73.9 cm³/mol. The molecule has 2 heteroatoms. The van der Waals surface area contributed by atoms with E-state index in [-0.39, 0.29) is 0 Å². The zero-order valence-corrected chi connectivity index (χ0v) is 11.9. The van der Waals surface area contributed by atoms with Crippen LogP contribution in [0.2, 0.25) is 0 Å². The first-order valence-corrected chi connectivity index (χ1v) is 7.57. The summed E-state index contributed by atoms with van der Waals surface area (Å²) in [5, 5.41) is 0. The Morgan fingerprint density at radius 2 is 1.88 bits per heavy atom. The largest absolute Gasteiger partial charge is 0.327 e. The zero-order valence-electron chi connectivity index (χ0n) is 11.9. The van der Waals surface area contributed by atoms with Crippen LogP contribution in [-0.4, -0.2) is 30.1 Å². The molecule has 0 aromatic carbocycles. The molecule has 2 N–H and O–H groups in total. The third-order valence-corrected chi connectivity index (χ3v) is 5.30. The Kier molecular flexibility index (Phi) is 4.48. The second-order valence-electron chi connectivity index (χ2n) is 6.68. The van der Waals surface area contributed by atoms with Crippen molar-refractivity contribution < 1.29 is 0 Å². The number of hydrogen-bond donors (Lipinski definition) is 1. The highest BCUT2D eigenvalue weighted by molar-refractivity contribution is 4.88. The van der Waals surface area contributed by atoms with Gasteiger partial charge in [-0.05, 0) is 50.5 Å². The minimum atomic E-state index is 0.423. The Labute approximate surface area is 107 Å². The van der Waals surface area contributed by atoms with E-state index in [1.807, 2.05) is 0 Å². The lowest BCUT2D eigenvalue weighted by Gasteiger charge is -2.43. The molecule has 1 aliphatic carbocycles. The van der Waals surface area contributed by atoms with Crippen molar-refractivity contribution in [2.45, 2.75) is 65.0 Å². The number of piperidine rings is 1. The van der Waals surface area contributed by atoms with Crippen LogP contribution in [0.3, 0.4) is 0 Å². The molecule has 1 heterocycles. The highest BCUT2D eigenvalue weighted by Crippen LogP contribution is 2.31. The summed E-state index contributed by atoms with van der Waals surface area (Å²) >= 11 is 0. The predicted octanol–water partition coefficient (Wildman–Crippen LogP) is 2.87. The summed E-state index contributed by atoms with van der Waals surface area (Å²) in [4.78, 5) is 2.71. The number of hydrogen-bond acceptors (Lipinski definition) is 2. The van der Waals surface area contributed by atoms with Crippen LogP contribution < -0.4 is 5.73 Å². The third kappa shape index (κ3) is 3.23. The molecule has 17 heavy (non-hydrogen) atoms. The standard InChI is InChI=1S/C15H30N2/c1-11-5-4-6-14(9-11)10-17-8-7-15(16)12(2)13(17)3/h11-15H,4-10,16H2,1-3H3. The summed E-state index contributed by atoms with van der Waals surface area (Å²) in [6.07, 6.45) is 6.99. The Balaban J connectivity index is 1.86. The maximum atomic E-state index is 6.16. The molecule has 100 valence electrons. The molecular weight excluding hydrogens is 208 g/mol. The monoisotopic (exact) mass is 238 g/mol. The molecule has 0 aromatic heterocycles. The lowest BCUT2D eigenvalue weighted by Crippen LogP contribution is -2.53. The first kappa shape index (κ1) is 13.4. The van der Waals surface area contributed by atoms with Crippen molar-refractivity contribution in [3.8, 4) is 0 Å². The molecule has 5 atom stereocenters. The van der Waals surface area contributed by atoms with Gasteiger partial charge in [0.2, 0.25) is 0 Å². The minimum Gasteiger partial charge on any atom is -0.327 e. The van der Waals surface area contributed by atoms with Crippen LogP contribution in [0.1, 0.15) is 52.9 Å². The van der Waals surface area contributed by atoms with E-state index < -0.39 is 0 Å². The summed E-state index contributed by atoms with van der Waals surface area (Å²) in [6.45, 7) is 9.66. The van der Waals surface area contributed by atoms with Gasteiger partial charge in [0.25, 0.3) is 0 Å². The fourth-order valence-electron chi connectivity index (χ4n) is 3.79. The van der Waals surface area contributed by atoms with Gasteiger partial charge in [0.15, 0.2) is 0 Å². The van der Waals surface area contributed by atoms with Crippen molar-refractivity contribution in [1.29, 1.82) is 0 Å². The normalized spacial score (nSPS) is 44.8. The molecule has 0 radical (unpaired) electrons. The van der Waals surface area contributed by atoms with Crippen LogP contribution in [0, 0.1) is 17.8 Å². The van der Waals surface area contributed by atoms with Crippen LogP contribution in [-0.2, 0) is 0 Å². The van der Waals surface area contributed by atoms with E-state index in [0.29, 0.717) is 18.0 Å². The molecule has 5 unspecified atom stereocenters. The highest BCUT2D eigenvalue weighted by atomic mass is 15.2. The second kappa shape index (κ2) is 5.71. The van der Waals surface area contributed by atoms with E-state index in [1.54, 1.807) is 0 Å². The van der Waals surface area contributed by atoms with E-state index in [4.69, 9.17) is 5.73 Å². The van der Waals surface area contributed by atoms with E-state index >= 15 is 0 Å². The van der Waals surface area contributed by atoms with Crippen molar-refractivity contribution >= 4 is 0 Å². The van der Waals surface area contributed by atoms with E-state index in [1.165, 1.54) is 45.2 Å². The number of nitrogens with two attached hydrogens (primary N) is 1. The van der Waals surface area contributed by atoms with Gasteiger partial charge in [0, 0.05) is 18.6 Å². The number of nitrogens with zero attached hydrogens (tertiary/aromatic N) is 1. The molecule has 2 fully saturated rings. The van der Waals surface area contributed by atoms with Gasteiger partial charge in [0.1, 0.15) is 0 Å². The molecule has 0 amide bonds. The first-order chi connectivity index (χ1) is 8.08. The average Bonchev–Trinajstić information content (AvgIpc) is 2.30. The molecule has 1 aliphatic heterocycles. The molecule has 0 bridgehead atoms. The van der Waals surface area contributed by atoms with Gasteiger partial charge in [-0.2, -0.15) is 0 Å². The molecule has 0 spiro atoms. The van der Waals surface area contributed by atoms with Gasteiger partial charge >= 0.3 is 0 Å². The van der Waals surface area contributed by atoms with Gasteiger partial charge in [-0.3, -0.25) is 0 Å². The van der Waals surface area contributed by atoms with Gasteiger partial charge < -0.3 is 10.6 Å². The van der Waals surface area contributed by atoms with E-state index in [9.17, 15) is 0 Å². The molecule has 0 aromatic rings. The minimum absolute atomic E-state index is 0.423. The van der Waals surface area contributed by atoms with Crippen LogP contribution in [0.5, 0.6) is 0 Å². The van der Waals surface area contributed by atoms with Crippen molar-refractivity contribution in [3.63, 3.8) is 0 Å². The molecule has 2 aliphatic rings. The smallest absolute Gasteiger partial charge is 0.0107 e. The van der Waals surface area contributed by atoms with Gasteiger partial charge in [-0.25, -0.2) is 0 Å². The van der Waals surface area contributed by atoms with Crippen LogP contribution >= 0.6 is 0 Å². The Bertz CT molecular complexity index is 241. The van der Waals surface area contributed by atoms with Crippen molar-refractivity contribution in [2.24, 2.45) is 23.5 Å². The van der Waals surface area contributed by atoms with Gasteiger partial charge in [-0.15, -0.1) is 0 Å². The summed E-state index contributed by atoms with van der Waals surface area (Å²) in [6, 6.07) is 1.10. The Hall–Kier alpha value is -0.0800. The van der Waals surface area contributed by atoms with Gasteiger partial charge in [0.05, 0.1) is 0 Å². The second-order valence-corrected chi connectivity index (χ2v) is 6.68. The highest BCUT2D eigenvalue weighted by Gasteiger charge is 2.32. The molecule has 1 saturated carbocycles. The maximum absolute atomic E-state index is 6.16. The molecule has 1 saturated heterocycles. The Morgan fingerprint density at radius 1 is 1.12 bits per heavy atom. The first-order valence-electron chi connectivity index (χ1n) is 7.57. The maximum Gasteiger partial charge on any atom is 0.0107 e. The van der Waals surface area contributed by atoms with Crippen LogP contribution in [0.25, 0.3) is 0 Å². The van der Waals surface area contributed by atoms with Crippen LogP contribution in [0.4, 0.5) is 0 Å². The van der Waals surface area contributed by atoms with E-state index in [0.717, 1.165) is 11.8 Å². The fraction of sp³-hybridized carbons (Fsp3) is 1.00. The quantitative estimate of drug-likeness (QED) is 0.801. The number of likely N-dealkylation sites (tertiary alicyclic amines) is 1. The zero-order chi connectivity index (χ0) is 12.4. The van der Waals surface area contributed by atoms with Crippen molar-refractivity contribution in [1.82, 2.24) is 4.90 Å². The van der Waals surface area contributed by atoms with Crippen molar-refractivity contribution in [3.05, 3.63) is 0 Å². The molecular formula is C15H30N2. The summed E-state index contributed by atoms with van der Waals surface area (Å²) in [7, 11) is 0. The summed E-state index contributed by atoms with van der Waals surface area (Å²) in [5.41, 5.74) is 6.16. The lowest BCUT2D eigenvalue weighted by atomic mass is 9.80. The number of rotatable bonds is 2. The lowest BCUT2D eigenvalue weighted by molar-refractivity contribution is 0.0694. The van der Waals surface area contributed by atoms with Crippen molar-refractivity contribution in [2.75, 3.05) is 13.1 Å².